The van der Waals surface area contributed by atoms with E-state index in [1.807, 2.05) is 6.07 Å². The number of nitrogens with one attached hydrogen (secondary N) is 2. The van der Waals surface area contributed by atoms with Crippen LogP contribution in [-0.4, -0.2) is 22.3 Å². The molecule has 2 amide bonds. The van der Waals surface area contributed by atoms with Gasteiger partial charge in [0.15, 0.2) is 5.13 Å². The van der Waals surface area contributed by atoms with Gasteiger partial charge in [0.05, 0.1) is 6.07 Å². The number of carbonyl (C=O) groups excluding carboxylic acids is 2. The molecule has 3 aromatic rings. The molecule has 0 atom stereocenters. The van der Waals surface area contributed by atoms with E-state index in [9.17, 15) is 18.4 Å². The molecule has 0 radical (unpaired) electrons. The molecule has 2 aromatic carbocycles. The molecule has 7 nitrogen and oxygen atoms in total. The van der Waals surface area contributed by atoms with Gasteiger partial charge in [0.2, 0.25) is 11.0 Å². The molecule has 0 spiro atoms. The largest absolute Gasteiger partial charge is 0.444 e. The van der Waals surface area contributed by atoms with E-state index in [1.54, 1.807) is 0 Å². The minimum absolute atomic E-state index is 0.170. The normalized spacial score (nSPS) is 11.4. The molecular formula is C24H22F2N4O3S. The van der Waals surface area contributed by atoms with Gasteiger partial charge >= 0.3 is 0 Å². The van der Waals surface area contributed by atoms with Crippen molar-refractivity contribution in [2.75, 3.05) is 5.32 Å². The van der Waals surface area contributed by atoms with E-state index in [4.69, 9.17) is 10.00 Å². The fourth-order valence-corrected chi connectivity index (χ4v) is 3.48. The summed E-state index contributed by atoms with van der Waals surface area (Å²) in [6.07, 6.45) is 0. The van der Waals surface area contributed by atoms with Crippen LogP contribution >= 0.6 is 11.3 Å². The van der Waals surface area contributed by atoms with Gasteiger partial charge in [-0.1, -0.05) is 11.3 Å². The molecule has 0 fully saturated rings. The first-order chi connectivity index (χ1) is 15.9. The Kier molecular flexibility index (Phi) is 6.98. The van der Waals surface area contributed by atoms with Crippen LogP contribution in [0.25, 0.3) is 11.3 Å². The zero-order chi connectivity index (χ0) is 25.1. The lowest BCUT2D eigenvalue weighted by Crippen LogP contribution is -2.55. The lowest BCUT2D eigenvalue weighted by Gasteiger charge is -2.27. The molecule has 3 rings (SSSR count). The van der Waals surface area contributed by atoms with Gasteiger partial charge in [-0.15, -0.1) is 0 Å². The highest BCUT2D eigenvalue weighted by Gasteiger charge is 2.36. The van der Waals surface area contributed by atoms with Crippen molar-refractivity contribution in [3.05, 3.63) is 60.2 Å². The number of benzene rings is 2. The van der Waals surface area contributed by atoms with Gasteiger partial charge in [0.25, 0.3) is 5.91 Å². The Balaban J connectivity index is 1.88. The van der Waals surface area contributed by atoms with Crippen LogP contribution < -0.4 is 15.4 Å². The van der Waals surface area contributed by atoms with Crippen molar-refractivity contribution in [2.24, 2.45) is 5.41 Å². The van der Waals surface area contributed by atoms with Crippen LogP contribution in [0.4, 0.5) is 13.9 Å². The van der Waals surface area contributed by atoms with E-state index >= 15 is 0 Å². The number of hydrogen-bond acceptors (Lipinski definition) is 6. The number of hydrogen-bond donors (Lipinski definition) is 2. The molecule has 0 aliphatic rings. The van der Waals surface area contributed by atoms with Crippen LogP contribution in [0.5, 0.6) is 10.8 Å². The summed E-state index contributed by atoms with van der Waals surface area (Å²) in [5.41, 5.74) is -1.79. The summed E-state index contributed by atoms with van der Waals surface area (Å²) in [7, 11) is 0. The maximum Gasteiger partial charge on any atom is 0.251 e. The maximum absolute atomic E-state index is 13.4. The number of halogens is 2. The third kappa shape index (κ3) is 5.74. The molecule has 176 valence electrons. The second kappa shape index (κ2) is 9.57. The van der Waals surface area contributed by atoms with E-state index in [-0.39, 0.29) is 5.13 Å². The Bertz CT molecular complexity index is 1250. The van der Waals surface area contributed by atoms with Crippen molar-refractivity contribution in [3.63, 3.8) is 0 Å². The Morgan fingerprint density at radius 3 is 2.09 bits per heavy atom. The predicted molar refractivity (Wildman–Crippen MR) is 124 cm³/mol. The molecule has 0 bridgehead atoms. The zero-order valence-electron chi connectivity index (χ0n) is 18.9. The third-order valence-corrected chi connectivity index (χ3v) is 5.65. The van der Waals surface area contributed by atoms with Gasteiger partial charge in [0, 0.05) is 5.56 Å². The highest BCUT2D eigenvalue weighted by atomic mass is 32.1. The third-order valence-electron chi connectivity index (χ3n) is 4.80. The molecule has 0 saturated heterocycles. The lowest BCUT2D eigenvalue weighted by molar-refractivity contribution is -0.133. The smallest absolute Gasteiger partial charge is 0.251 e. The second-order valence-electron chi connectivity index (χ2n) is 8.49. The van der Waals surface area contributed by atoms with Crippen molar-refractivity contribution in [1.29, 1.82) is 5.26 Å². The molecule has 1 heterocycles. The number of nitrogens with zero attached hydrogens (tertiary/aromatic N) is 2. The second-order valence-corrected chi connectivity index (χ2v) is 9.45. The van der Waals surface area contributed by atoms with Crippen LogP contribution in [0.2, 0.25) is 0 Å². The minimum atomic E-state index is -1.36. The monoisotopic (exact) mass is 484 g/mol. The zero-order valence-corrected chi connectivity index (χ0v) is 19.7. The highest BCUT2D eigenvalue weighted by molar-refractivity contribution is 7.18. The number of amides is 2. The topological polar surface area (TPSA) is 104 Å². The first-order valence-electron chi connectivity index (χ1n) is 10.2. The van der Waals surface area contributed by atoms with Gasteiger partial charge in [-0.2, -0.15) is 5.26 Å². The quantitative estimate of drug-likeness (QED) is 0.476. The van der Waals surface area contributed by atoms with Gasteiger partial charge in [-0.05, 0) is 76.2 Å². The molecule has 2 N–H and O–H groups in total. The lowest BCUT2D eigenvalue weighted by atomic mass is 9.92. The standard InChI is InChI=1S/C24H22F2N4O3S/c1-23(2,13-27)20(31)30-24(3,4)21(32)29-22-28-18(14-5-7-15(25)8-6-14)19(34-22)33-17-11-9-16(26)10-12-17/h5-12H,1-4H3,(H,30,31)(H,28,29,32). The fourth-order valence-electron chi connectivity index (χ4n) is 2.63. The highest BCUT2D eigenvalue weighted by Crippen LogP contribution is 2.40. The minimum Gasteiger partial charge on any atom is -0.444 e. The number of ether oxygens (including phenoxy) is 1. The number of aromatic nitrogens is 1. The van der Waals surface area contributed by atoms with Crippen LogP contribution in [0.3, 0.4) is 0 Å². The number of thiazole rings is 1. The summed E-state index contributed by atoms with van der Waals surface area (Å²) in [5.74, 6) is -1.67. The molecule has 0 unspecified atom stereocenters. The number of nitriles is 1. The van der Waals surface area contributed by atoms with Gasteiger partial charge in [0.1, 0.15) is 34.0 Å². The number of carbonyl (C=O) groups is 2. The summed E-state index contributed by atoms with van der Waals surface area (Å²) in [6.45, 7) is 5.90. The van der Waals surface area contributed by atoms with Crippen LogP contribution in [-0.2, 0) is 9.59 Å². The van der Waals surface area contributed by atoms with Gasteiger partial charge < -0.3 is 10.1 Å². The van der Waals surface area contributed by atoms with Crippen molar-refractivity contribution >= 4 is 28.3 Å². The van der Waals surface area contributed by atoms with Crippen LogP contribution in [0, 0.1) is 28.4 Å². The summed E-state index contributed by atoms with van der Waals surface area (Å²) in [5, 5.41) is 14.8. The molecule has 0 saturated carbocycles. The van der Waals surface area contributed by atoms with Crippen molar-refractivity contribution in [3.8, 4) is 28.1 Å². The average Bonchev–Trinajstić information content (AvgIpc) is 3.17. The first kappa shape index (κ1) is 24.8. The summed E-state index contributed by atoms with van der Waals surface area (Å²) >= 11 is 1.01. The average molecular weight is 485 g/mol. The van der Waals surface area contributed by atoms with Crippen LogP contribution in [0.1, 0.15) is 27.7 Å². The fraction of sp³-hybridized carbons (Fsp3) is 0.250. The van der Waals surface area contributed by atoms with Crippen molar-refractivity contribution < 1.29 is 23.1 Å². The SMILES string of the molecule is CC(C)(C#N)C(=O)NC(C)(C)C(=O)Nc1nc(-c2ccc(F)cc2)c(Oc2ccc(F)cc2)s1. The van der Waals surface area contributed by atoms with E-state index in [0.29, 0.717) is 22.1 Å². The molecule has 10 heteroatoms. The van der Waals surface area contributed by atoms with Crippen molar-refractivity contribution in [2.45, 2.75) is 33.2 Å². The summed E-state index contributed by atoms with van der Waals surface area (Å²) in [4.78, 5) is 29.7. The molecular weight excluding hydrogens is 462 g/mol. The summed E-state index contributed by atoms with van der Waals surface area (Å²) < 4.78 is 32.5. The van der Waals surface area contributed by atoms with E-state index in [2.05, 4.69) is 15.6 Å². The number of anilines is 1. The van der Waals surface area contributed by atoms with Gasteiger partial charge in [-0.25, -0.2) is 13.8 Å². The summed E-state index contributed by atoms with van der Waals surface area (Å²) in [6, 6.07) is 12.8. The molecule has 0 aliphatic carbocycles. The van der Waals surface area contributed by atoms with E-state index in [0.717, 1.165) is 11.3 Å². The van der Waals surface area contributed by atoms with E-state index < -0.39 is 34.4 Å². The first-order valence-corrected chi connectivity index (χ1v) is 11.0. The Hall–Kier alpha value is -3.84. The Morgan fingerprint density at radius 2 is 1.53 bits per heavy atom. The van der Waals surface area contributed by atoms with Gasteiger partial charge in [-0.3, -0.25) is 14.9 Å². The van der Waals surface area contributed by atoms with Crippen LogP contribution in [0.15, 0.2) is 48.5 Å². The molecule has 34 heavy (non-hydrogen) atoms. The van der Waals surface area contributed by atoms with E-state index in [1.165, 1.54) is 76.2 Å². The Labute approximate surface area is 199 Å². The predicted octanol–water partition coefficient (Wildman–Crippen LogP) is 5.26. The van der Waals surface area contributed by atoms with Crippen molar-refractivity contribution in [1.82, 2.24) is 10.3 Å². The maximum atomic E-state index is 13.4. The Morgan fingerprint density at radius 1 is 0.971 bits per heavy atom. The number of rotatable bonds is 7. The molecule has 0 aliphatic heterocycles. The molecule has 1 aromatic heterocycles.